The van der Waals surface area contributed by atoms with Gasteiger partial charge in [0, 0.05) is 19.3 Å². The number of sulfone groups is 1. The Morgan fingerprint density at radius 1 is 1.29 bits per heavy atom. The molecule has 5 nitrogen and oxygen atoms in total. The maximum absolute atomic E-state index is 12.6. The molecule has 1 heterocycles. The topological polar surface area (TPSA) is 67.6 Å². The van der Waals surface area contributed by atoms with Crippen molar-refractivity contribution in [3.05, 3.63) is 23.2 Å². The molecule has 1 saturated carbocycles. The molecule has 1 aliphatic rings. The number of furan rings is 1. The molecule has 0 spiro atoms. The molecule has 21 heavy (non-hydrogen) atoms. The molecular formula is C15H23NO4S. The third-order valence-corrected chi connectivity index (χ3v) is 5.96. The highest BCUT2D eigenvalue weighted by Gasteiger charge is 2.37. The Morgan fingerprint density at radius 3 is 2.43 bits per heavy atom. The number of nitrogens with zero attached hydrogens (tertiary/aromatic N) is 1. The van der Waals surface area contributed by atoms with Crippen LogP contribution in [0, 0.1) is 13.8 Å². The van der Waals surface area contributed by atoms with Crippen LogP contribution in [0.3, 0.4) is 0 Å². The first-order valence-electron chi connectivity index (χ1n) is 7.25. The fourth-order valence-electron chi connectivity index (χ4n) is 3.20. The maximum atomic E-state index is 12.6. The van der Waals surface area contributed by atoms with E-state index < -0.39 is 15.1 Å². The zero-order valence-electron chi connectivity index (χ0n) is 13.0. The summed E-state index contributed by atoms with van der Waals surface area (Å²) < 4.78 is 29.4. The summed E-state index contributed by atoms with van der Waals surface area (Å²) in [6.45, 7) is 3.55. The standard InChI is InChI=1S/C15H23NO4S/c1-10-9-12(11(2)20-10)15(17)16(3)13-7-5-6-8-14(13)21(4,18)19/h9,13-14H,5-8H2,1-4H3/t13-,14-/m0/s1. The summed E-state index contributed by atoms with van der Waals surface area (Å²) in [5.41, 5.74) is 0.521. The Morgan fingerprint density at radius 2 is 1.90 bits per heavy atom. The van der Waals surface area contributed by atoms with Crippen molar-refractivity contribution in [2.75, 3.05) is 13.3 Å². The van der Waals surface area contributed by atoms with Gasteiger partial charge < -0.3 is 9.32 Å². The van der Waals surface area contributed by atoms with E-state index in [4.69, 9.17) is 4.42 Å². The normalized spacial score (nSPS) is 23.0. The van der Waals surface area contributed by atoms with Gasteiger partial charge in [0.25, 0.3) is 5.91 Å². The molecule has 6 heteroatoms. The molecule has 0 radical (unpaired) electrons. The van der Waals surface area contributed by atoms with Crippen LogP contribution in [0.25, 0.3) is 0 Å². The van der Waals surface area contributed by atoms with E-state index in [1.165, 1.54) is 6.26 Å². The summed E-state index contributed by atoms with van der Waals surface area (Å²) in [6.07, 6.45) is 4.49. The Bertz CT molecular complexity index is 632. The first kappa shape index (κ1) is 16.1. The first-order valence-corrected chi connectivity index (χ1v) is 9.20. The van der Waals surface area contributed by atoms with Crippen LogP contribution in [-0.2, 0) is 9.84 Å². The SMILES string of the molecule is Cc1cc(C(=O)N(C)[C@H]2CCCC[C@@H]2S(C)(=O)=O)c(C)o1. The lowest BCUT2D eigenvalue weighted by molar-refractivity contribution is 0.0698. The number of aryl methyl sites for hydroxylation is 2. The number of carbonyl (C=O) groups excluding carboxylic acids is 1. The minimum atomic E-state index is -3.16. The van der Waals surface area contributed by atoms with Crippen LogP contribution in [0.5, 0.6) is 0 Å². The molecule has 2 rings (SSSR count). The highest BCUT2D eigenvalue weighted by Crippen LogP contribution is 2.29. The predicted octanol–water partition coefficient (Wildman–Crippen LogP) is 2.32. The first-order chi connectivity index (χ1) is 9.71. The Hall–Kier alpha value is -1.30. The van der Waals surface area contributed by atoms with Gasteiger partial charge in [-0.25, -0.2) is 8.42 Å². The van der Waals surface area contributed by atoms with E-state index in [2.05, 4.69) is 0 Å². The molecule has 1 amide bonds. The summed E-state index contributed by atoms with van der Waals surface area (Å²) >= 11 is 0. The monoisotopic (exact) mass is 313 g/mol. The summed E-state index contributed by atoms with van der Waals surface area (Å²) in [5, 5.41) is -0.464. The molecule has 1 aromatic heterocycles. The zero-order valence-corrected chi connectivity index (χ0v) is 13.9. The molecule has 0 N–H and O–H groups in total. The Kier molecular flexibility index (Phi) is 4.46. The Balaban J connectivity index is 2.27. The third kappa shape index (κ3) is 3.31. The average Bonchev–Trinajstić information content (AvgIpc) is 2.75. The van der Waals surface area contributed by atoms with Gasteiger partial charge in [-0.3, -0.25) is 4.79 Å². The predicted molar refractivity (Wildman–Crippen MR) is 81.2 cm³/mol. The van der Waals surface area contributed by atoms with E-state index in [0.717, 1.165) is 19.3 Å². The fraction of sp³-hybridized carbons (Fsp3) is 0.667. The van der Waals surface area contributed by atoms with Gasteiger partial charge >= 0.3 is 0 Å². The van der Waals surface area contributed by atoms with Crippen molar-refractivity contribution in [1.82, 2.24) is 4.90 Å². The van der Waals surface area contributed by atoms with Gasteiger partial charge in [0.05, 0.1) is 10.8 Å². The number of hydrogen-bond donors (Lipinski definition) is 0. The van der Waals surface area contributed by atoms with Gasteiger partial charge in [-0.1, -0.05) is 12.8 Å². The second-order valence-corrected chi connectivity index (χ2v) is 8.23. The third-order valence-electron chi connectivity index (χ3n) is 4.31. The summed E-state index contributed by atoms with van der Waals surface area (Å²) in [7, 11) is -1.47. The minimum Gasteiger partial charge on any atom is -0.466 e. The van der Waals surface area contributed by atoms with Gasteiger partial charge in [0.2, 0.25) is 0 Å². The van der Waals surface area contributed by atoms with E-state index in [1.54, 1.807) is 31.9 Å². The molecule has 1 aliphatic carbocycles. The Labute approximate surface area is 126 Å². The lowest BCUT2D eigenvalue weighted by atomic mass is 9.93. The number of amides is 1. The van der Waals surface area contributed by atoms with Gasteiger partial charge in [-0.15, -0.1) is 0 Å². The van der Waals surface area contributed by atoms with Crippen molar-refractivity contribution >= 4 is 15.7 Å². The van der Waals surface area contributed by atoms with Crippen molar-refractivity contribution < 1.29 is 17.6 Å². The molecule has 1 fully saturated rings. The number of hydrogen-bond acceptors (Lipinski definition) is 4. The van der Waals surface area contributed by atoms with Crippen molar-refractivity contribution in [3.63, 3.8) is 0 Å². The summed E-state index contributed by atoms with van der Waals surface area (Å²) in [6, 6.07) is 1.46. The largest absolute Gasteiger partial charge is 0.466 e. The molecule has 0 unspecified atom stereocenters. The van der Waals surface area contributed by atoms with Crippen LogP contribution >= 0.6 is 0 Å². The summed E-state index contributed by atoms with van der Waals surface area (Å²) in [4.78, 5) is 14.2. The molecule has 118 valence electrons. The second-order valence-electron chi connectivity index (χ2n) is 5.96. The van der Waals surface area contributed by atoms with Crippen LogP contribution in [-0.4, -0.2) is 43.8 Å². The lowest BCUT2D eigenvalue weighted by Gasteiger charge is -2.36. The minimum absolute atomic E-state index is 0.162. The molecular weight excluding hydrogens is 290 g/mol. The summed E-state index contributed by atoms with van der Waals surface area (Å²) in [5.74, 6) is 1.11. The van der Waals surface area contributed by atoms with Crippen molar-refractivity contribution in [3.8, 4) is 0 Å². The fourth-order valence-corrected chi connectivity index (χ4v) is 4.69. The van der Waals surface area contributed by atoms with Crippen LogP contribution in [0.1, 0.15) is 47.6 Å². The van der Waals surface area contributed by atoms with Crippen LogP contribution in [0.2, 0.25) is 0 Å². The molecule has 0 saturated heterocycles. The highest BCUT2D eigenvalue weighted by atomic mass is 32.2. The van der Waals surface area contributed by atoms with Crippen molar-refractivity contribution in [1.29, 1.82) is 0 Å². The van der Waals surface area contributed by atoms with E-state index in [-0.39, 0.29) is 11.9 Å². The van der Waals surface area contributed by atoms with Gasteiger partial charge in [0.1, 0.15) is 11.5 Å². The van der Waals surface area contributed by atoms with Gasteiger partial charge in [-0.05, 0) is 32.8 Å². The van der Waals surface area contributed by atoms with E-state index in [1.807, 2.05) is 0 Å². The van der Waals surface area contributed by atoms with Gasteiger partial charge in [-0.2, -0.15) is 0 Å². The molecule has 2 atom stereocenters. The van der Waals surface area contributed by atoms with Crippen LogP contribution < -0.4 is 0 Å². The van der Waals surface area contributed by atoms with Gasteiger partial charge in [0.15, 0.2) is 9.84 Å². The lowest BCUT2D eigenvalue weighted by Crippen LogP contribution is -2.49. The van der Waals surface area contributed by atoms with Crippen molar-refractivity contribution in [2.24, 2.45) is 0 Å². The molecule has 1 aromatic rings. The van der Waals surface area contributed by atoms with Crippen LogP contribution in [0.4, 0.5) is 0 Å². The van der Waals surface area contributed by atoms with E-state index >= 15 is 0 Å². The quantitative estimate of drug-likeness (QED) is 0.859. The number of rotatable bonds is 3. The molecule has 0 aliphatic heterocycles. The smallest absolute Gasteiger partial charge is 0.257 e. The van der Waals surface area contributed by atoms with Crippen LogP contribution in [0.15, 0.2) is 10.5 Å². The van der Waals surface area contributed by atoms with E-state index in [9.17, 15) is 13.2 Å². The zero-order chi connectivity index (χ0) is 15.8. The average molecular weight is 313 g/mol. The highest BCUT2D eigenvalue weighted by molar-refractivity contribution is 7.91. The maximum Gasteiger partial charge on any atom is 0.257 e. The molecule has 0 bridgehead atoms. The van der Waals surface area contributed by atoms with E-state index in [0.29, 0.717) is 23.5 Å². The second kappa shape index (κ2) is 5.83. The molecule has 0 aromatic carbocycles. The number of carbonyl (C=O) groups is 1. The van der Waals surface area contributed by atoms with Crippen molar-refractivity contribution in [2.45, 2.75) is 50.8 Å².